The zero-order valence-corrected chi connectivity index (χ0v) is 13.0. The van der Waals surface area contributed by atoms with Crippen molar-refractivity contribution in [3.63, 3.8) is 0 Å². The summed E-state index contributed by atoms with van der Waals surface area (Å²) in [6, 6.07) is 17.3. The van der Waals surface area contributed by atoms with Crippen molar-refractivity contribution in [2.24, 2.45) is 0 Å². The highest BCUT2D eigenvalue weighted by Gasteiger charge is 2.14. The number of rotatable bonds is 4. The van der Waals surface area contributed by atoms with Gasteiger partial charge < -0.3 is 0 Å². The summed E-state index contributed by atoms with van der Waals surface area (Å²) in [4.78, 5) is 1.32. The Morgan fingerprint density at radius 3 is 2.65 bits per heavy atom. The first-order valence-corrected chi connectivity index (χ1v) is 8.27. The second-order valence-electron chi connectivity index (χ2n) is 5.02. The van der Waals surface area contributed by atoms with Gasteiger partial charge in [-0.2, -0.15) is 0 Å². The predicted molar refractivity (Wildman–Crippen MR) is 89.9 cm³/mol. The molecule has 1 aromatic heterocycles. The summed E-state index contributed by atoms with van der Waals surface area (Å²) in [6.45, 7) is 2.19. The summed E-state index contributed by atoms with van der Waals surface area (Å²) in [6.07, 6.45) is 1.94. The van der Waals surface area contributed by atoms with Crippen molar-refractivity contribution in [2.45, 2.75) is 25.1 Å². The van der Waals surface area contributed by atoms with E-state index >= 15 is 0 Å². The number of fused-ring (bicyclic) bond motifs is 1. The molecule has 0 aliphatic carbocycles. The molecule has 0 bridgehead atoms. The fourth-order valence-electron chi connectivity index (χ4n) is 2.58. The lowest BCUT2D eigenvalue weighted by Gasteiger charge is -2.11. The van der Waals surface area contributed by atoms with Crippen LogP contribution < -0.4 is 0 Å². The fraction of sp³-hybridized carbons (Fsp3) is 0.222. The van der Waals surface area contributed by atoms with Crippen LogP contribution in [0.1, 0.15) is 28.3 Å². The zero-order chi connectivity index (χ0) is 13.9. The monoisotopic (exact) mass is 300 g/mol. The molecule has 102 valence electrons. The molecule has 0 aliphatic heterocycles. The molecule has 0 N–H and O–H groups in total. The van der Waals surface area contributed by atoms with Gasteiger partial charge in [-0.15, -0.1) is 22.9 Å². The third-order valence-corrected chi connectivity index (χ3v) is 5.25. The van der Waals surface area contributed by atoms with Crippen LogP contribution in [0.4, 0.5) is 0 Å². The van der Waals surface area contributed by atoms with Crippen molar-refractivity contribution in [1.29, 1.82) is 0 Å². The second-order valence-corrected chi connectivity index (χ2v) is 6.49. The van der Waals surface area contributed by atoms with Crippen molar-refractivity contribution < 1.29 is 0 Å². The van der Waals surface area contributed by atoms with Gasteiger partial charge >= 0.3 is 0 Å². The predicted octanol–water partition coefficient (Wildman–Crippen LogP) is 5.99. The molecule has 0 spiro atoms. The van der Waals surface area contributed by atoms with Crippen molar-refractivity contribution in [2.75, 3.05) is 0 Å². The third kappa shape index (κ3) is 2.74. The topological polar surface area (TPSA) is 0 Å². The minimum absolute atomic E-state index is 0.0751. The minimum Gasteiger partial charge on any atom is -0.147 e. The van der Waals surface area contributed by atoms with Crippen LogP contribution in [-0.4, -0.2) is 0 Å². The van der Waals surface area contributed by atoms with Gasteiger partial charge in [0, 0.05) is 4.88 Å². The highest BCUT2D eigenvalue weighted by molar-refractivity contribution is 7.10. The molecule has 1 atom stereocenters. The van der Waals surface area contributed by atoms with Gasteiger partial charge in [0.15, 0.2) is 0 Å². The van der Waals surface area contributed by atoms with Gasteiger partial charge in [-0.1, -0.05) is 49.4 Å². The molecule has 2 aromatic carbocycles. The molecule has 0 amide bonds. The van der Waals surface area contributed by atoms with E-state index in [0.29, 0.717) is 0 Å². The summed E-state index contributed by atoms with van der Waals surface area (Å²) < 4.78 is 0. The Morgan fingerprint density at radius 2 is 1.85 bits per heavy atom. The number of hydrogen-bond donors (Lipinski definition) is 0. The maximum absolute atomic E-state index is 6.63. The van der Waals surface area contributed by atoms with Crippen LogP contribution in [0.15, 0.2) is 53.9 Å². The zero-order valence-electron chi connectivity index (χ0n) is 11.5. The van der Waals surface area contributed by atoms with Crippen LogP contribution in [0.5, 0.6) is 0 Å². The average Bonchev–Trinajstić information content (AvgIpc) is 2.95. The summed E-state index contributed by atoms with van der Waals surface area (Å²) in [5.41, 5.74) is 2.69. The molecular formula is C18H17ClS. The van der Waals surface area contributed by atoms with E-state index in [2.05, 4.69) is 60.8 Å². The van der Waals surface area contributed by atoms with E-state index in [-0.39, 0.29) is 5.38 Å². The van der Waals surface area contributed by atoms with E-state index in [0.717, 1.165) is 12.8 Å². The normalized spacial score (nSPS) is 12.7. The van der Waals surface area contributed by atoms with E-state index in [1.54, 1.807) is 11.3 Å². The smallest absolute Gasteiger partial charge is 0.0721 e. The number of aryl methyl sites for hydroxylation is 1. The van der Waals surface area contributed by atoms with Gasteiger partial charge in [-0.05, 0) is 46.2 Å². The lowest BCUT2D eigenvalue weighted by Crippen LogP contribution is -1.96. The highest BCUT2D eigenvalue weighted by atomic mass is 35.5. The molecule has 3 aromatic rings. The molecule has 0 radical (unpaired) electrons. The summed E-state index contributed by atoms with van der Waals surface area (Å²) >= 11 is 8.40. The molecule has 0 fully saturated rings. The Balaban J connectivity index is 1.85. The first-order chi connectivity index (χ1) is 9.78. The molecule has 3 rings (SSSR count). The number of benzene rings is 2. The molecule has 2 heteroatoms. The van der Waals surface area contributed by atoms with Gasteiger partial charge in [0.2, 0.25) is 0 Å². The lowest BCUT2D eigenvalue weighted by molar-refractivity contribution is 0.921. The number of hydrogen-bond acceptors (Lipinski definition) is 1. The Labute approximate surface area is 129 Å². The van der Waals surface area contributed by atoms with Crippen molar-refractivity contribution in [3.05, 3.63) is 69.9 Å². The van der Waals surface area contributed by atoms with Crippen LogP contribution in [0, 0.1) is 0 Å². The number of halogens is 1. The second kappa shape index (κ2) is 5.99. The standard InChI is InChI=1S/C18H17ClS/c1-2-14-9-10-20-18(14)17(19)12-13-7-8-15-5-3-4-6-16(15)11-13/h3-11,17H,2,12H2,1H3. The fourth-order valence-corrected chi connectivity index (χ4v) is 4.03. The largest absolute Gasteiger partial charge is 0.147 e. The maximum atomic E-state index is 6.63. The summed E-state index contributed by atoms with van der Waals surface area (Å²) in [5, 5.41) is 4.79. The van der Waals surface area contributed by atoms with E-state index in [1.165, 1.54) is 26.8 Å². The Kier molecular flexibility index (Phi) is 4.09. The SMILES string of the molecule is CCc1ccsc1C(Cl)Cc1ccc2ccccc2c1. The van der Waals surface area contributed by atoms with E-state index < -0.39 is 0 Å². The van der Waals surface area contributed by atoms with Gasteiger partial charge in [-0.25, -0.2) is 0 Å². The van der Waals surface area contributed by atoms with Crippen LogP contribution in [0.3, 0.4) is 0 Å². The first kappa shape index (κ1) is 13.7. The van der Waals surface area contributed by atoms with E-state index in [1.807, 2.05) is 0 Å². The molecule has 1 unspecified atom stereocenters. The Hall–Kier alpha value is -1.31. The van der Waals surface area contributed by atoms with Crippen molar-refractivity contribution in [1.82, 2.24) is 0 Å². The van der Waals surface area contributed by atoms with E-state index in [9.17, 15) is 0 Å². The van der Waals surface area contributed by atoms with Crippen LogP contribution in [0.2, 0.25) is 0 Å². The number of thiophene rings is 1. The van der Waals surface area contributed by atoms with Gasteiger partial charge in [-0.3, -0.25) is 0 Å². The Bertz CT molecular complexity index is 714. The van der Waals surface area contributed by atoms with Crippen LogP contribution in [-0.2, 0) is 12.8 Å². The molecule has 0 nitrogen and oxygen atoms in total. The van der Waals surface area contributed by atoms with Gasteiger partial charge in [0.25, 0.3) is 0 Å². The van der Waals surface area contributed by atoms with Crippen LogP contribution >= 0.6 is 22.9 Å². The van der Waals surface area contributed by atoms with E-state index in [4.69, 9.17) is 11.6 Å². The summed E-state index contributed by atoms with van der Waals surface area (Å²) in [7, 11) is 0. The molecule has 0 saturated heterocycles. The number of alkyl halides is 1. The van der Waals surface area contributed by atoms with Crippen molar-refractivity contribution >= 4 is 33.7 Å². The van der Waals surface area contributed by atoms with Gasteiger partial charge in [0.1, 0.15) is 0 Å². The minimum atomic E-state index is 0.0751. The molecule has 0 aliphatic rings. The quantitative estimate of drug-likeness (QED) is 0.519. The van der Waals surface area contributed by atoms with Crippen molar-refractivity contribution in [3.8, 4) is 0 Å². The van der Waals surface area contributed by atoms with Crippen LogP contribution in [0.25, 0.3) is 10.8 Å². The highest BCUT2D eigenvalue weighted by Crippen LogP contribution is 2.33. The van der Waals surface area contributed by atoms with Gasteiger partial charge in [0.05, 0.1) is 5.38 Å². The Morgan fingerprint density at radius 1 is 1.05 bits per heavy atom. The first-order valence-electron chi connectivity index (χ1n) is 6.96. The molecular weight excluding hydrogens is 284 g/mol. The third-order valence-electron chi connectivity index (χ3n) is 3.67. The molecule has 1 heterocycles. The maximum Gasteiger partial charge on any atom is 0.0721 e. The molecule has 0 saturated carbocycles. The molecule has 20 heavy (non-hydrogen) atoms. The lowest BCUT2D eigenvalue weighted by atomic mass is 10.0. The average molecular weight is 301 g/mol. The summed E-state index contributed by atoms with van der Waals surface area (Å²) in [5.74, 6) is 0.